The molecule has 100 valence electrons. The second-order valence-corrected chi connectivity index (χ2v) is 5.21. The Bertz CT molecular complexity index is 653. The summed E-state index contributed by atoms with van der Waals surface area (Å²) in [6, 6.07) is 6.28. The molecule has 0 spiro atoms. The van der Waals surface area contributed by atoms with Crippen LogP contribution in [-0.4, -0.2) is 25.5 Å². The molecular weight excluding hydrogens is 268 g/mol. The van der Waals surface area contributed by atoms with Gasteiger partial charge in [0.1, 0.15) is 0 Å². The summed E-state index contributed by atoms with van der Waals surface area (Å²) in [5.41, 5.74) is 6.45. The first-order valence-corrected chi connectivity index (χ1v) is 6.74. The molecule has 1 aromatic heterocycles. The van der Waals surface area contributed by atoms with Crippen molar-refractivity contribution in [3.05, 3.63) is 36.7 Å². The lowest BCUT2D eigenvalue weighted by Gasteiger charge is -2.07. The summed E-state index contributed by atoms with van der Waals surface area (Å²) < 4.78 is 31.2. The molecular formula is C11H12N4O3S. The van der Waals surface area contributed by atoms with E-state index in [0.717, 1.165) is 0 Å². The van der Waals surface area contributed by atoms with Gasteiger partial charge in [-0.05, 0) is 24.3 Å². The Morgan fingerprint density at radius 1 is 1.16 bits per heavy atom. The molecule has 19 heavy (non-hydrogen) atoms. The number of nitrogens with one attached hydrogen (secondary N) is 1. The Labute approximate surface area is 110 Å². The quantitative estimate of drug-likeness (QED) is 0.635. The summed E-state index contributed by atoms with van der Waals surface area (Å²) in [6.07, 6.45) is 2.56. The van der Waals surface area contributed by atoms with E-state index >= 15 is 0 Å². The fourth-order valence-electron chi connectivity index (χ4n) is 1.30. The fraction of sp³-hybridized carbons (Fsp3) is 0.0909. The van der Waals surface area contributed by atoms with Gasteiger partial charge < -0.3 is 10.5 Å². The third kappa shape index (κ3) is 3.10. The van der Waals surface area contributed by atoms with Crippen LogP contribution in [0.15, 0.2) is 41.8 Å². The minimum atomic E-state index is -3.82. The standard InChI is InChI=1S/C11H12N4O3S/c1-18-10-6-13-11(14-7-10)19(16,17)15-9-4-2-8(12)3-5-9/h2-7,15H,12H2,1H3. The number of benzene rings is 1. The lowest BCUT2D eigenvalue weighted by molar-refractivity contribution is 0.409. The van der Waals surface area contributed by atoms with E-state index in [1.54, 1.807) is 24.3 Å². The number of anilines is 2. The Balaban J connectivity index is 2.24. The number of nitrogens with zero attached hydrogens (tertiary/aromatic N) is 2. The van der Waals surface area contributed by atoms with Crippen LogP contribution in [0.2, 0.25) is 0 Å². The lowest BCUT2D eigenvalue weighted by atomic mass is 10.3. The van der Waals surface area contributed by atoms with Gasteiger partial charge in [-0.1, -0.05) is 0 Å². The van der Waals surface area contributed by atoms with Gasteiger partial charge in [0.2, 0.25) is 0 Å². The number of aromatic nitrogens is 2. The summed E-state index contributed by atoms with van der Waals surface area (Å²) in [7, 11) is -2.38. The Morgan fingerprint density at radius 2 is 1.74 bits per heavy atom. The molecule has 0 bridgehead atoms. The molecule has 0 saturated heterocycles. The summed E-state index contributed by atoms with van der Waals surface area (Å²) in [5.74, 6) is 0.381. The maximum atomic E-state index is 12.0. The minimum Gasteiger partial charge on any atom is -0.494 e. The van der Waals surface area contributed by atoms with Crippen molar-refractivity contribution in [3.63, 3.8) is 0 Å². The average molecular weight is 280 g/mol. The van der Waals surface area contributed by atoms with E-state index in [1.165, 1.54) is 19.5 Å². The van der Waals surface area contributed by atoms with Gasteiger partial charge in [-0.25, -0.2) is 9.97 Å². The highest BCUT2D eigenvalue weighted by atomic mass is 32.2. The number of hydrogen-bond donors (Lipinski definition) is 2. The smallest absolute Gasteiger partial charge is 0.297 e. The van der Waals surface area contributed by atoms with E-state index < -0.39 is 10.0 Å². The topological polar surface area (TPSA) is 107 Å². The van der Waals surface area contributed by atoms with E-state index in [4.69, 9.17) is 10.5 Å². The van der Waals surface area contributed by atoms with Gasteiger partial charge in [-0.3, -0.25) is 4.72 Å². The molecule has 3 N–H and O–H groups in total. The van der Waals surface area contributed by atoms with Crippen molar-refractivity contribution in [2.45, 2.75) is 5.16 Å². The maximum absolute atomic E-state index is 12.0. The molecule has 2 aromatic rings. The molecule has 2 rings (SSSR count). The van der Waals surface area contributed by atoms with Crippen molar-refractivity contribution in [2.24, 2.45) is 0 Å². The molecule has 8 heteroatoms. The fourth-order valence-corrected chi connectivity index (χ4v) is 2.22. The molecule has 0 fully saturated rings. The number of hydrogen-bond acceptors (Lipinski definition) is 6. The number of nitrogen functional groups attached to an aromatic ring is 1. The van der Waals surface area contributed by atoms with E-state index in [0.29, 0.717) is 17.1 Å². The predicted octanol–water partition coefficient (Wildman–Crippen LogP) is 0.868. The van der Waals surface area contributed by atoms with Crippen LogP contribution in [0.5, 0.6) is 5.75 Å². The van der Waals surface area contributed by atoms with Crippen LogP contribution < -0.4 is 15.2 Å². The van der Waals surface area contributed by atoms with Crippen molar-refractivity contribution in [1.82, 2.24) is 9.97 Å². The number of nitrogens with two attached hydrogens (primary N) is 1. The van der Waals surface area contributed by atoms with Crippen LogP contribution >= 0.6 is 0 Å². The molecule has 0 atom stereocenters. The summed E-state index contributed by atoms with van der Waals surface area (Å²) in [6.45, 7) is 0. The van der Waals surface area contributed by atoms with E-state index in [9.17, 15) is 8.42 Å². The zero-order valence-electron chi connectivity index (χ0n) is 10.1. The first-order valence-electron chi connectivity index (χ1n) is 5.25. The van der Waals surface area contributed by atoms with Crippen molar-refractivity contribution >= 4 is 21.4 Å². The van der Waals surface area contributed by atoms with Crippen molar-refractivity contribution in [2.75, 3.05) is 17.6 Å². The second kappa shape index (κ2) is 5.11. The number of rotatable bonds is 4. The lowest BCUT2D eigenvalue weighted by Crippen LogP contribution is -2.16. The van der Waals surface area contributed by atoms with Crippen LogP contribution in [0.4, 0.5) is 11.4 Å². The largest absolute Gasteiger partial charge is 0.494 e. The molecule has 0 aliphatic rings. The van der Waals surface area contributed by atoms with Crippen LogP contribution in [0.1, 0.15) is 0 Å². The zero-order valence-corrected chi connectivity index (χ0v) is 10.9. The number of methoxy groups -OCH3 is 1. The molecule has 0 radical (unpaired) electrons. The summed E-state index contributed by atoms with van der Waals surface area (Å²) >= 11 is 0. The first-order chi connectivity index (χ1) is 9.01. The molecule has 1 aromatic carbocycles. The predicted molar refractivity (Wildman–Crippen MR) is 70.2 cm³/mol. The van der Waals surface area contributed by atoms with Gasteiger partial charge >= 0.3 is 0 Å². The summed E-state index contributed by atoms with van der Waals surface area (Å²) in [5, 5.41) is -0.329. The van der Waals surface area contributed by atoms with Crippen LogP contribution in [0.3, 0.4) is 0 Å². The third-order valence-corrected chi connectivity index (χ3v) is 3.44. The van der Waals surface area contributed by atoms with Crippen molar-refractivity contribution in [3.8, 4) is 5.75 Å². The normalized spacial score (nSPS) is 11.0. The molecule has 1 heterocycles. The van der Waals surface area contributed by atoms with Gasteiger partial charge in [0.25, 0.3) is 15.2 Å². The van der Waals surface area contributed by atoms with Crippen molar-refractivity contribution < 1.29 is 13.2 Å². The summed E-state index contributed by atoms with van der Waals surface area (Å²) in [4.78, 5) is 7.45. The Morgan fingerprint density at radius 3 is 2.26 bits per heavy atom. The van der Waals surface area contributed by atoms with Crippen LogP contribution in [-0.2, 0) is 10.0 Å². The Hall–Kier alpha value is -2.35. The molecule has 0 unspecified atom stereocenters. The SMILES string of the molecule is COc1cnc(S(=O)(=O)Nc2ccc(N)cc2)nc1. The van der Waals surface area contributed by atoms with E-state index in [2.05, 4.69) is 14.7 Å². The number of ether oxygens (including phenoxy) is 1. The van der Waals surface area contributed by atoms with Gasteiger partial charge in [0, 0.05) is 11.4 Å². The van der Waals surface area contributed by atoms with Gasteiger partial charge in [0.15, 0.2) is 5.75 Å². The molecule has 0 aliphatic carbocycles. The Kier molecular flexibility index (Phi) is 3.52. The second-order valence-electron chi connectivity index (χ2n) is 3.63. The van der Waals surface area contributed by atoms with Gasteiger partial charge in [0.05, 0.1) is 19.5 Å². The maximum Gasteiger partial charge on any atom is 0.297 e. The molecule has 0 saturated carbocycles. The molecule has 0 aliphatic heterocycles. The van der Waals surface area contributed by atoms with E-state index in [1.807, 2.05) is 0 Å². The van der Waals surface area contributed by atoms with Gasteiger partial charge in [-0.15, -0.1) is 0 Å². The van der Waals surface area contributed by atoms with E-state index in [-0.39, 0.29) is 5.16 Å². The number of sulfonamides is 1. The molecule has 7 nitrogen and oxygen atoms in total. The monoisotopic (exact) mass is 280 g/mol. The zero-order chi connectivity index (χ0) is 13.9. The van der Waals surface area contributed by atoms with Crippen LogP contribution in [0.25, 0.3) is 0 Å². The first kappa shape index (κ1) is 13.1. The minimum absolute atomic E-state index is 0.329. The third-order valence-electron chi connectivity index (χ3n) is 2.24. The average Bonchev–Trinajstić information content (AvgIpc) is 2.41. The highest BCUT2D eigenvalue weighted by Crippen LogP contribution is 2.15. The molecule has 0 amide bonds. The van der Waals surface area contributed by atoms with Gasteiger partial charge in [-0.2, -0.15) is 8.42 Å². The highest BCUT2D eigenvalue weighted by Gasteiger charge is 2.17. The highest BCUT2D eigenvalue weighted by molar-refractivity contribution is 7.92. The van der Waals surface area contributed by atoms with Crippen molar-refractivity contribution in [1.29, 1.82) is 0 Å². The van der Waals surface area contributed by atoms with Crippen LogP contribution in [0, 0.1) is 0 Å².